The Balaban J connectivity index is 3.07. The van der Waals surface area contributed by atoms with E-state index in [4.69, 9.17) is 4.74 Å². The molecule has 0 aromatic carbocycles. The Bertz CT molecular complexity index is 162. The zero-order chi connectivity index (χ0) is 10.6. The summed E-state index contributed by atoms with van der Waals surface area (Å²) in [7, 11) is 0. The first-order valence-electron chi connectivity index (χ1n) is 5.55. The normalized spacial score (nSPS) is 10.7. The lowest BCUT2D eigenvalue weighted by Gasteiger charge is -1.97. The quantitative estimate of drug-likeness (QED) is 0.339. The second kappa shape index (κ2) is 10.3. The van der Waals surface area contributed by atoms with E-state index < -0.39 is 0 Å². The largest absolute Gasteiger partial charge is 0.466 e. The molecule has 0 fully saturated rings. The molecule has 0 bridgehead atoms. The molecule has 0 amide bonds. The molecule has 0 heterocycles. The molecule has 0 aliphatic rings. The van der Waals surface area contributed by atoms with Gasteiger partial charge < -0.3 is 4.74 Å². The molecule has 0 rings (SSSR count). The van der Waals surface area contributed by atoms with E-state index in [1.54, 1.807) is 0 Å². The van der Waals surface area contributed by atoms with Crippen molar-refractivity contribution in [2.45, 2.75) is 52.4 Å². The van der Waals surface area contributed by atoms with E-state index in [0.717, 1.165) is 12.8 Å². The second-order valence-corrected chi connectivity index (χ2v) is 3.45. The molecule has 2 heteroatoms. The zero-order valence-corrected chi connectivity index (χ0v) is 9.42. The third kappa shape index (κ3) is 11.2. The number of allylic oxidation sites excluding steroid dienone is 1. The predicted octanol–water partition coefficient (Wildman–Crippen LogP) is 3.47. The summed E-state index contributed by atoms with van der Waals surface area (Å²) in [6.45, 7) is 4.17. The molecule has 82 valence electrons. The third-order valence-corrected chi connectivity index (χ3v) is 1.98. The standard InChI is InChI=1S/C12H22O2/c1-3-4-5-6-7-8-9-10-11-14-12(2)13/h8-9H,3-7,10-11H2,1-2H3. The van der Waals surface area contributed by atoms with Gasteiger partial charge in [0.05, 0.1) is 6.61 Å². The van der Waals surface area contributed by atoms with Crippen molar-refractivity contribution in [1.29, 1.82) is 0 Å². The monoisotopic (exact) mass is 198 g/mol. The first kappa shape index (κ1) is 13.2. The van der Waals surface area contributed by atoms with Crippen molar-refractivity contribution in [1.82, 2.24) is 0 Å². The Hall–Kier alpha value is -0.790. The Kier molecular flexibility index (Phi) is 9.71. The van der Waals surface area contributed by atoms with Crippen molar-refractivity contribution in [2.75, 3.05) is 6.61 Å². The van der Waals surface area contributed by atoms with Crippen molar-refractivity contribution >= 4 is 5.97 Å². The minimum absolute atomic E-state index is 0.193. The Morgan fingerprint density at radius 1 is 1.14 bits per heavy atom. The minimum Gasteiger partial charge on any atom is -0.466 e. The van der Waals surface area contributed by atoms with Crippen LogP contribution in [0.5, 0.6) is 0 Å². The molecule has 0 unspecified atom stereocenters. The highest BCUT2D eigenvalue weighted by atomic mass is 16.5. The molecule has 0 saturated heterocycles. The van der Waals surface area contributed by atoms with Crippen molar-refractivity contribution in [3.63, 3.8) is 0 Å². The van der Waals surface area contributed by atoms with Gasteiger partial charge in [-0.25, -0.2) is 0 Å². The molecule has 0 aliphatic carbocycles. The van der Waals surface area contributed by atoms with Gasteiger partial charge in [0.2, 0.25) is 0 Å². The van der Waals surface area contributed by atoms with Crippen molar-refractivity contribution in [3.8, 4) is 0 Å². The minimum atomic E-state index is -0.193. The van der Waals surface area contributed by atoms with E-state index in [2.05, 4.69) is 19.1 Å². The average molecular weight is 198 g/mol. The predicted molar refractivity (Wildman–Crippen MR) is 59.1 cm³/mol. The van der Waals surface area contributed by atoms with Gasteiger partial charge >= 0.3 is 5.97 Å². The van der Waals surface area contributed by atoms with Gasteiger partial charge in [0, 0.05) is 6.92 Å². The van der Waals surface area contributed by atoms with Crippen LogP contribution in [0.25, 0.3) is 0 Å². The highest BCUT2D eigenvalue weighted by Crippen LogP contribution is 2.03. The van der Waals surface area contributed by atoms with E-state index in [1.807, 2.05) is 0 Å². The summed E-state index contributed by atoms with van der Waals surface area (Å²) in [4.78, 5) is 10.4. The summed E-state index contributed by atoms with van der Waals surface area (Å²) in [6, 6.07) is 0. The molecule has 0 N–H and O–H groups in total. The lowest BCUT2D eigenvalue weighted by molar-refractivity contribution is -0.140. The fourth-order valence-corrected chi connectivity index (χ4v) is 1.20. The van der Waals surface area contributed by atoms with E-state index in [1.165, 1.54) is 32.6 Å². The summed E-state index contributed by atoms with van der Waals surface area (Å²) < 4.78 is 4.80. The van der Waals surface area contributed by atoms with Gasteiger partial charge in [-0.1, -0.05) is 38.3 Å². The molecule has 0 atom stereocenters. The van der Waals surface area contributed by atoms with E-state index in [9.17, 15) is 4.79 Å². The Morgan fingerprint density at radius 3 is 2.50 bits per heavy atom. The van der Waals surface area contributed by atoms with Gasteiger partial charge in [-0.3, -0.25) is 4.79 Å². The topological polar surface area (TPSA) is 26.3 Å². The molecule has 0 aromatic heterocycles. The SMILES string of the molecule is CCCCCCC=CCCOC(C)=O. The first-order chi connectivity index (χ1) is 6.77. The number of unbranched alkanes of at least 4 members (excludes halogenated alkanes) is 4. The number of carbonyl (C=O) groups excluding carboxylic acids is 1. The average Bonchev–Trinajstić information content (AvgIpc) is 2.15. The summed E-state index contributed by atoms with van der Waals surface area (Å²) in [5.41, 5.74) is 0. The van der Waals surface area contributed by atoms with Crippen molar-refractivity contribution < 1.29 is 9.53 Å². The molecule has 0 aromatic rings. The maximum atomic E-state index is 10.4. The summed E-state index contributed by atoms with van der Waals surface area (Å²) in [6.07, 6.45) is 11.5. The van der Waals surface area contributed by atoms with Gasteiger partial charge in [0.15, 0.2) is 0 Å². The number of esters is 1. The number of carbonyl (C=O) groups is 1. The maximum Gasteiger partial charge on any atom is 0.302 e. The van der Waals surface area contributed by atoms with Crippen LogP contribution in [0.1, 0.15) is 52.4 Å². The number of hydrogen-bond donors (Lipinski definition) is 0. The van der Waals surface area contributed by atoms with E-state index in [0.29, 0.717) is 6.61 Å². The number of rotatable bonds is 8. The van der Waals surface area contributed by atoms with Gasteiger partial charge in [0.1, 0.15) is 0 Å². The fraction of sp³-hybridized carbons (Fsp3) is 0.750. The smallest absolute Gasteiger partial charge is 0.302 e. The molecule has 14 heavy (non-hydrogen) atoms. The highest BCUT2D eigenvalue weighted by Gasteiger charge is 1.88. The van der Waals surface area contributed by atoms with Gasteiger partial charge in [-0.15, -0.1) is 0 Å². The van der Waals surface area contributed by atoms with Crippen LogP contribution in [-0.2, 0) is 9.53 Å². The van der Waals surface area contributed by atoms with Crippen LogP contribution in [0, 0.1) is 0 Å². The molecule has 0 radical (unpaired) electrons. The van der Waals surface area contributed by atoms with Crippen LogP contribution in [0.15, 0.2) is 12.2 Å². The van der Waals surface area contributed by atoms with Gasteiger partial charge in [-0.2, -0.15) is 0 Å². The summed E-state index contributed by atoms with van der Waals surface area (Å²) >= 11 is 0. The van der Waals surface area contributed by atoms with Crippen LogP contribution < -0.4 is 0 Å². The molecular weight excluding hydrogens is 176 g/mol. The van der Waals surface area contributed by atoms with Crippen LogP contribution in [0.2, 0.25) is 0 Å². The zero-order valence-electron chi connectivity index (χ0n) is 9.42. The number of hydrogen-bond acceptors (Lipinski definition) is 2. The molecule has 0 aliphatic heterocycles. The van der Waals surface area contributed by atoms with Gasteiger partial charge in [-0.05, 0) is 19.3 Å². The molecular formula is C12H22O2. The fourth-order valence-electron chi connectivity index (χ4n) is 1.20. The lowest BCUT2D eigenvalue weighted by atomic mass is 10.1. The molecule has 0 saturated carbocycles. The molecule has 0 spiro atoms. The Labute approximate surface area is 87.3 Å². The van der Waals surface area contributed by atoms with Crippen LogP contribution >= 0.6 is 0 Å². The van der Waals surface area contributed by atoms with Crippen LogP contribution in [-0.4, -0.2) is 12.6 Å². The number of ether oxygens (including phenoxy) is 1. The Morgan fingerprint density at radius 2 is 1.86 bits per heavy atom. The second-order valence-electron chi connectivity index (χ2n) is 3.45. The van der Waals surface area contributed by atoms with Crippen LogP contribution in [0.3, 0.4) is 0 Å². The highest BCUT2D eigenvalue weighted by molar-refractivity contribution is 5.65. The maximum absolute atomic E-state index is 10.4. The summed E-state index contributed by atoms with van der Waals surface area (Å²) in [5.74, 6) is -0.193. The van der Waals surface area contributed by atoms with E-state index in [-0.39, 0.29) is 5.97 Å². The van der Waals surface area contributed by atoms with Gasteiger partial charge in [0.25, 0.3) is 0 Å². The van der Waals surface area contributed by atoms with E-state index >= 15 is 0 Å². The lowest BCUT2D eigenvalue weighted by Crippen LogP contribution is -1.98. The van der Waals surface area contributed by atoms with Crippen LogP contribution in [0.4, 0.5) is 0 Å². The third-order valence-electron chi connectivity index (χ3n) is 1.98. The molecule has 2 nitrogen and oxygen atoms in total. The van der Waals surface area contributed by atoms with Crippen molar-refractivity contribution in [2.24, 2.45) is 0 Å². The summed E-state index contributed by atoms with van der Waals surface area (Å²) in [5, 5.41) is 0. The first-order valence-corrected chi connectivity index (χ1v) is 5.55. The van der Waals surface area contributed by atoms with Crippen molar-refractivity contribution in [3.05, 3.63) is 12.2 Å².